The number of rotatable bonds is 7. The Bertz CT molecular complexity index is 180. The number of likely N-dealkylation sites (N-methyl/N-ethyl adjacent to an activating group) is 1. The van der Waals surface area contributed by atoms with Gasteiger partial charge in [-0.1, -0.05) is 20.4 Å². The number of esters is 1. The van der Waals surface area contributed by atoms with Gasteiger partial charge in [-0.15, -0.1) is 0 Å². The summed E-state index contributed by atoms with van der Waals surface area (Å²) < 4.78 is 4.92. The molecule has 0 rings (SSSR count). The molecule has 0 aliphatic heterocycles. The lowest BCUT2D eigenvalue weighted by Crippen LogP contribution is -2.35. The fourth-order valence-electron chi connectivity index (χ4n) is 1.27. The summed E-state index contributed by atoms with van der Waals surface area (Å²) >= 11 is 0. The first kappa shape index (κ1) is 13.2. The van der Waals surface area contributed by atoms with Crippen molar-refractivity contribution in [2.75, 3.05) is 19.7 Å². The van der Waals surface area contributed by atoms with Crippen molar-refractivity contribution in [3.05, 3.63) is 12.7 Å². The predicted octanol–water partition coefficient (Wildman–Crippen LogP) is 1.84. The lowest BCUT2D eigenvalue weighted by Gasteiger charge is -2.26. The van der Waals surface area contributed by atoms with Crippen molar-refractivity contribution in [1.82, 2.24) is 4.90 Å². The van der Waals surface area contributed by atoms with E-state index in [1.807, 2.05) is 0 Å². The van der Waals surface area contributed by atoms with Gasteiger partial charge in [-0.05, 0) is 19.9 Å². The molecule has 0 aromatic heterocycles. The number of hydrogen-bond acceptors (Lipinski definition) is 3. The summed E-state index contributed by atoms with van der Waals surface area (Å²) in [7, 11) is 0. The van der Waals surface area contributed by atoms with E-state index in [0.717, 1.165) is 19.5 Å². The van der Waals surface area contributed by atoms with Gasteiger partial charge in [0.05, 0.1) is 0 Å². The van der Waals surface area contributed by atoms with Gasteiger partial charge in [0, 0.05) is 18.7 Å². The lowest BCUT2D eigenvalue weighted by atomic mass is 10.2. The van der Waals surface area contributed by atoms with Crippen LogP contribution in [0.3, 0.4) is 0 Å². The Morgan fingerprint density at radius 2 is 2.21 bits per heavy atom. The Balaban J connectivity index is 3.72. The SMILES string of the molecule is C=CC(=O)OCCN(CC)C(C)CC. The third-order valence-corrected chi connectivity index (χ3v) is 2.41. The highest BCUT2D eigenvalue weighted by Crippen LogP contribution is 2.02. The number of hydrogen-bond donors (Lipinski definition) is 0. The number of nitrogens with zero attached hydrogens (tertiary/aromatic N) is 1. The van der Waals surface area contributed by atoms with Gasteiger partial charge >= 0.3 is 5.97 Å². The fraction of sp³-hybridized carbons (Fsp3) is 0.727. The topological polar surface area (TPSA) is 29.5 Å². The molecule has 1 atom stereocenters. The van der Waals surface area contributed by atoms with Crippen LogP contribution in [0.15, 0.2) is 12.7 Å². The van der Waals surface area contributed by atoms with Gasteiger partial charge in [-0.2, -0.15) is 0 Å². The van der Waals surface area contributed by atoms with Crippen LogP contribution < -0.4 is 0 Å². The summed E-state index contributed by atoms with van der Waals surface area (Å²) in [5.41, 5.74) is 0. The number of ether oxygens (including phenoxy) is 1. The van der Waals surface area contributed by atoms with Crippen LogP contribution >= 0.6 is 0 Å². The molecule has 0 bridgehead atoms. The van der Waals surface area contributed by atoms with Gasteiger partial charge in [0.25, 0.3) is 0 Å². The standard InChI is InChI=1S/C11H21NO2/c1-5-10(4)12(7-3)8-9-14-11(13)6-2/h6,10H,2,5,7-9H2,1,3-4H3. The minimum atomic E-state index is -0.342. The van der Waals surface area contributed by atoms with Gasteiger partial charge in [-0.3, -0.25) is 4.90 Å². The minimum Gasteiger partial charge on any atom is -0.461 e. The van der Waals surface area contributed by atoms with Crippen molar-refractivity contribution in [2.45, 2.75) is 33.2 Å². The van der Waals surface area contributed by atoms with Crippen molar-refractivity contribution >= 4 is 5.97 Å². The average Bonchev–Trinajstić information content (AvgIpc) is 2.22. The molecule has 3 heteroatoms. The van der Waals surface area contributed by atoms with Crippen LogP contribution in [0.5, 0.6) is 0 Å². The molecule has 0 heterocycles. The quantitative estimate of drug-likeness (QED) is 0.463. The van der Waals surface area contributed by atoms with E-state index in [9.17, 15) is 4.79 Å². The maximum atomic E-state index is 10.8. The van der Waals surface area contributed by atoms with E-state index in [1.165, 1.54) is 6.08 Å². The number of carbonyl (C=O) groups is 1. The third-order valence-electron chi connectivity index (χ3n) is 2.41. The first-order valence-electron chi connectivity index (χ1n) is 5.18. The monoisotopic (exact) mass is 199 g/mol. The smallest absolute Gasteiger partial charge is 0.330 e. The van der Waals surface area contributed by atoms with Crippen molar-refractivity contribution in [1.29, 1.82) is 0 Å². The lowest BCUT2D eigenvalue weighted by molar-refractivity contribution is -0.138. The molecule has 0 amide bonds. The van der Waals surface area contributed by atoms with E-state index in [4.69, 9.17) is 4.74 Å². The summed E-state index contributed by atoms with van der Waals surface area (Å²) in [6, 6.07) is 0.544. The second-order valence-corrected chi connectivity index (χ2v) is 3.26. The zero-order chi connectivity index (χ0) is 11.0. The van der Waals surface area contributed by atoms with E-state index in [-0.39, 0.29) is 5.97 Å². The molecule has 0 aromatic rings. The van der Waals surface area contributed by atoms with Crippen molar-refractivity contribution in [3.8, 4) is 0 Å². The fourth-order valence-corrected chi connectivity index (χ4v) is 1.27. The average molecular weight is 199 g/mol. The van der Waals surface area contributed by atoms with Crippen LogP contribution in [0.1, 0.15) is 27.2 Å². The zero-order valence-electron chi connectivity index (χ0n) is 9.45. The van der Waals surface area contributed by atoms with Crippen molar-refractivity contribution in [3.63, 3.8) is 0 Å². The molecular formula is C11H21NO2. The van der Waals surface area contributed by atoms with E-state index >= 15 is 0 Å². The van der Waals surface area contributed by atoms with E-state index in [2.05, 4.69) is 32.3 Å². The Labute approximate surface area is 86.7 Å². The van der Waals surface area contributed by atoms with E-state index in [1.54, 1.807) is 0 Å². The molecule has 0 saturated heterocycles. The van der Waals surface area contributed by atoms with Gasteiger partial charge in [-0.25, -0.2) is 4.79 Å². The molecule has 0 fully saturated rings. The van der Waals surface area contributed by atoms with Crippen molar-refractivity contribution < 1.29 is 9.53 Å². The molecule has 0 aliphatic rings. The van der Waals surface area contributed by atoms with Gasteiger partial charge in [0.1, 0.15) is 6.61 Å². The summed E-state index contributed by atoms with van der Waals surface area (Å²) in [5, 5.41) is 0. The van der Waals surface area contributed by atoms with Crippen molar-refractivity contribution in [2.24, 2.45) is 0 Å². The van der Waals surface area contributed by atoms with Crippen LogP contribution in [0.4, 0.5) is 0 Å². The summed E-state index contributed by atoms with van der Waals surface area (Å²) in [6.45, 7) is 12.0. The van der Waals surface area contributed by atoms with E-state index in [0.29, 0.717) is 12.6 Å². The zero-order valence-corrected chi connectivity index (χ0v) is 9.45. The largest absolute Gasteiger partial charge is 0.461 e. The molecular weight excluding hydrogens is 178 g/mol. The van der Waals surface area contributed by atoms with Crippen LogP contribution in [0.2, 0.25) is 0 Å². The number of carbonyl (C=O) groups excluding carboxylic acids is 1. The normalized spacial score (nSPS) is 12.6. The maximum absolute atomic E-state index is 10.8. The molecule has 0 aromatic carbocycles. The Kier molecular flexibility index (Phi) is 7.11. The first-order chi connectivity index (χ1) is 6.65. The maximum Gasteiger partial charge on any atom is 0.330 e. The van der Waals surface area contributed by atoms with Gasteiger partial charge < -0.3 is 4.74 Å². The highest BCUT2D eigenvalue weighted by Gasteiger charge is 2.09. The molecule has 1 unspecified atom stereocenters. The first-order valence-corrected chi connectivity index (χ1v) is 5.18. The van der Waals surface area contributed by atoms with Gasteiger partial charge in [0.2, 0.25) is 0 Å². The second kappa shape index (κ2) is 7.56. The predicted molar refractivity (Wildman–Crippen MR) is 58.2 cm³/mol. The molecule has 0 spiro atoms. The Hall–Kier alpha value is -0.830. The highest BCUT2D eigenvalue weighted by molar-refractivity contribution is 5.81. The molecule has 0 N–H and O–H groups in total. The summed E-state index contributed by atoms with van der Waals surface area (Å²) in [5.74, 6) is -0.342. The van der Waals surface area contributed by atoms with Crippen LogP contribution in [0, 0.1) is 0 Å². The molecule has 0 saturated carbocycles. The molecule has 3 nitrogen and oxygen atoms in total. The van der Waals surface area contributed by atoms with Gasteiger partial charge in [0.15, 0.2) is 0 Å². The van der Waals surface area contributed by atoms with Crippen LogP contribution in [0.25, 0.3) is 0 Å². The molecule has 0 aliphatic carbocycles. The second-order valence-electron chi connectivity index (χ2n) is 3.26. The van der Waals surface area contributed by atoms with E-state index < -0.39 is 0 Å². The molecule has 0 radical (unpaired) electrons. The molecule has 82 valence electrons. The summed E-state index contributed by atoms with van der Waals surface area (Å²) in [4.78, 5) is 13.1. The third kappa shape index (κ3) is 5.02. The van der Waals surface area contributed by atoms with Crippen LogP contribution in [-0.4, -0.2) is 36.6 Å². The van der Waals surface area contributed by atoms with Crippen LogP contribution in [-0.2, 0) is 9.53 Å². The molecule has 14 heavy (non-hydrogen) atoms. The summed E-state index contributed by atoms with van der Waals surface area (Å²) in [6.07, 6.45) is 2.31. The minimum absolute atomic E-state index is 0.342. The Morgan fingerprint density at radius 1 is 1.57 bits per heavy atom. The highest BCUT2D eigenvalue weighted by atomic mass is 16.5. The Morgan fingerprint density at radius 3 is 2.64 bits per heavy atom.